The maximum absolute atomic E-state index is 12.4. The van der Waals surface area contributed by atoms with E-state index in [4.69, 9.17) is 5.73 Å². The highest BCUT2D eigenvalue weighted by Crippen LogP contribution is 2.39. The van der Waals surface area contributed by atoms with E-state index in [9.17, 15) is 4.79 Å². The van der Waals surface area contributed by atoms with Gasteiger partial charge in [-0.25, -0.2) is 0 Å². The van der Waals surface area contributed by atoms with Gasteiger partial charge in [-0.05, 0) is 44.6 Å². The number of rotatable bonds is 3. The predicted octanol–water partition coefficient (Wildman–Crippen LogP) is 2.30. The van der Waals surface area contributed by atoms with Crippen LogP contribution in [0.1, 0.15) is 58.3 Å². The molecule has 2 N–H and O–H groups in total. The number of amides is 1. The molecule has 98 valence electrons. The zero-order valence-electron chi connectivity index (χ0n) is 11.1. The normalized spacial score (nSPS) is 28.4. The Morgan fingerprint density at radius 2 is 2.00 bits per heavy atom. The molecule has 2 aliphatic rings. The van der Waals surface area contributed by atoms with E-state index in [-0.39, 0.29) is 5.41 Å². The van der Waals surface area contributed by atoms with Crippen LogP contribution >= 0.6 is 0 Å². The van der Waals surface area contributed by atoms with Crippen LogP contribution in [-0.2, 0) is 4.79 Å². The van der Waals surface area contributed by atoms with Crippen molar-refractivity contribution in [3.05, 3.63) is 0 Å². The van der Waals surface area contributed by atoms with Crippen LogP contribution in [0, 0.1) is 5.41 Å². The van der Waals surface area contributed by atoms with Gasteiger partial charge in [0.1, 0.15) is 0 Å². The molecule has 0 spiro atoms. The molecule has 1 unspecified atom stereocenters. The number of hydrogen-bond acceptors (Lipinski definition) is 2. The molecule has 1 aliphatic carbocycles. The van der Waals surface area contributed by atoms with E-state index in [2.05, 4.69) is 11.8 Å². The van der Waals surface area contributed by atoms with Gasteiger partial charge in [0.2, 0.25) is 5.91 Å². The smallest absolute Gasteiger partial charge is 0.223 e. The third kappa shape index (κ3) is 2.82. The number of likely N-dealkylation sites (tertiary alicyclic amines) is 1. The van der Waals surface area contributed by atoms with Gasteiger partial charge >= 0.3 is 0 Å². The maximum atomic E-state index is 12.4. The quantitative estimate of drug-likeness (QED) is 0.820. The Morgan fingerprint density at radius 3 is 2.53 bits per heavy atom. The minimum Gasteiger partial charge on any atom is -0.340 e. The molecule has 0 radical (unpaired) electrons. The Labute approximate surface area is 105 Å². The molecule has 2 fully saturated rings. The van der Waals surface area contributed by atoms with Gasteiger partial charge in [0.15, 0.2) is 0 Å². The number of nitrogens with zero attached hydrogens (tertiary/aromatic N) is 1. The summed E-state index contributed by atoms with van der Waals surface area (Å²) in [6, 6.07) is 0.445. The molecule has 17 heavy (non-hydrogen) atoms. The van der Waals surface area contributed by atoms with Crippen molar-refractivity contribution < 1.29 is 4.79 Å². The lowest BCUT2D eigenvalue weighted by Gasteiger charge is -2.37. The summed E-state index contributed by atoms with van der Waals surface area (Å²) < 4.78 is 0. The molecule has 0 bridgehead atoms. The largest absolute Gasteiger partial charge is 0.340 e. The lowest BCUT2D eigenvalue weighted by atomic mass is 9.71. The summed E-state index contributed by atoms with van der Waals surface area (Å²) >= 11 is 0. The summed E-state index contributed by atoms with van der Waals surface area (Å²) in [5.41, 5.74) is 6.07. The molecule has 0 aromatic heterocycles. The van der Waals surface area contributed by atoms with Gasteiger partial charge in [0.25, 0.3) is 0 Å². The highest BCUT2D eigenvalue weighted by atomic mass is 16.2. The van der Waals surface area contributed by atoms with E-state index in [1.165, 1.54) is 32.1 Å². The minimum atomic E-state index is 0.123. The molecule has 1 amide bonds. The molecule has 2 rings (SSSR count). The topological polar surface area (TPSA) is 46.3 Å². The van der Waals surface area contributed by atoms with Crippen LogP contribution in [0.5, 0.6) is 0 Å². The first-order chi connectivity index (χ1) is 8.17. The number of carbonyl (C=O) groups is 1. The van der Waals surface area contributed by atoms with Crippen molar-refractivity contribution in [2.45, 2.75) is 64.3 Å². The molecule has 1 heterocycles. The first kappa shape index (κ1) is 12.9. The first-order valence-corrected chi connectivity index (χ1v) is 7.16. The van der Waals surface area contributed by atoms with Crippen LogP contribution in [0.25, 0.3) is 0 Å². The Kier molecular flexibility index (Phi) is 4.08. The highest BCUT2D eigenvalue weighted by molar-refractivity contribution is 5.77. The van der Waals surface area contributed by atoms with Crippen LogP contribution in [0.2, 0.25) is 0 Å². The predicted molar refractivity (Wildman–Crippen MR) is 69.6 cm³/mol. The average molecular weight is 238 g/mol. The van der Waals surface area contributed by atoms with Crippen molar-refractivity contribution in [2.75, 3.05) is 13.1 Å². The van der Waals surface area contributed by atoms with Gasteiger partial charge in [0.05, 0.1) is 0 Å². The van der Waals surface area contributed by atoms with Crippen LogP contribution in [0.3, 0.4) is 0 Å². The van der Waals surface area contributed by atoms with Gasteiger partial charge in [-0.3, -0.25) is 4.79 Å². The average Bonchev–Trinajstić information content (AvgIpc) is 2.77. The molecule has 0 aromatic rings. The van der Waals surface area contributed by atoms with Crippen molar-refractivity contribution in [3.8, 4) is 0 Å². The van der Waals surface area contributed by atoms with Crippen molar-refractivity contribution in [1.29, 1.82) is 0 Å². The van der Waals surface area contributed by atoms with Crippen LogP contribution in [0.4, 0.5) is 0 Å². The summed E-state index contributed by atoms with van der Waals surface area (Å²) in [6.07, 6.45) is 9.14. The summed E-state index contributed by atoms with van der Waals surface area (Å²) in [7, 11) is 0. The number of carbonyl (C=O) groups excluding carboxylic acids is 1. The molecular weight excluding hydrogens is 212 g/mol. The van der Waals surface area contributed by atoms with E-state index in [1.54, 1.807) is 0 Å². The van der Waals surface area contributed by atoms with E-state index in [0.29, 0.717) is 24.9 Å². The fraction of sp³-hybridized carbons (Fsp3) is 0.929. The monoisotopic (exact) mass is 238 g/mol. The summed E-state index contributed by atoms with van der Waals surface area (Å²) in [6.45, 7) is 3.81. The van der Waals surface area contributed by atoms with E-state index >= 15 is 0 Å². The summed E-state index contributed by atoms with van der Waals surface area (Å²) in [4.78, 5) is 14.4. The lowest BCUT2D eigenvalue weighted by Crippen LogP contribution is -2.41. The maximum Gasteiger partial charge on any atom is 0.223 e. The van der Waals surface area contributed by atoms with Gasteiger partial charge in [-0.2, -0.15) is 0 Å². The second-order valence-corrected chi connectivity index (χ2v) is 6.02. The number of hydrogen-bond donors (Lipinski definition) is 1. The Morgan fingerprint density at radius 1 is 1.29 bits per heavy atom. The fourth-order valence-electron chi connectivity index (χ4n) is 3.48. The van der Waals surface area contributed by atoms with Crippen molar-refractivity contribution >= 4 is 5.91 Å². The molecule has 3 nitrogen and oxygen atoms in total. The Bertz CT molecular complexity index is 271. The van der Waals surface area contributed by atoms with E-state index in [1.807, 2.05) is 0 Å². The zero-order valence-corrected chi connectivity index (χ0v) is 11.1. The first-order valence-electron chi connectivity index (χ1n) is 7.16. The van der Waals surface area contributed by atoms with Gasteiger partial charge in [-0.15, -0.1) is 0 Å². The summed E-state index contributed by atoms with van der Waals surface area (Å²) in [5, 5.41) is 0. The molecule has 0 aromatic carbocycles. The fourth-order valence-corrected chi connectivity index (χ4v) is 3.48. The van der Waals surface area contributed by atoms with Gasteiger partial charge in [-0.1, -0.05) is 19.3 Å². The van der Waals surface area contributed by atoms with Crippen molar-refractivity contribution in [2.24, 2.45) is 11.1 Å². The third-order valence-corrected chi connectivity index (χ3v) is 4.75. The van der Waals surface area contributed by atoms with Gasteiger partial charge in [0, 0.05) is 19.0 Å². The molecular formula is C14H26N2O. The third-order valence-electron chi connectivity index (χ3n) is 4.75. The summed E-state index contributed by atoms with van der Waals surface area (Å²) in [5.74, 6) is 0.349. The second kappa shape index (κ2) is 5.38. The van der Waals surface area contributed by atoms with Crippen molar-refractivity contribution in [1.82, 2.24) is 4.90 Å². The molecule has 1 saturated carbocycles. The number of nitrogens with two attached hydrogens (primary N) is 1. The van der Waals surface area contributed by atoms with Crippen LogP contribution in [0.15, 0.2) is 0 Å². The molecule has 1 aliphatic heterocycles. The minimum absolute atomic E-state index is 0.123. The molecule has 1 saturated heterocycles. The Balaban J connectivity index is 1.95. The highest BCUT2D eigenvalue weighted by Gasteiger charge is 2.36. The van der Waals surface area contributed by atoms with Crippen molar-refractivity contribution in [3.63, 3.8) is 0 Å². The van der Waals surface area contributed by atoms with Gasteiger partial charge < -0.3 is 10.6 Å². The van der Waals surface area contributed by atoms with E-state index < -0.39 is 0 Å². The molecule has 3 heteroatoms. The van der Waals surface area contributed by atoms with Crippen LogP contribution < -0.4 is 5.73 Å². The Hall–Kier alpha value is -0.570. The zero-order chi connectivity index (χ0) is 12.3. The van der Waals surface area contributed by atoms with Crippen LogP contribution in [-0.4, -0.2) is 29.9 Å². The second-order valence-electron chi connectivity index (χ2n) is 6.02. The SMILES string of the molecule is CC1CCCN1C(=O)CC1(CN)CCCCC1. The standard InChI is InChI=1S/C14H26N2O/c1-12-6-5-9-16(12)13(17)10-14(11-15)7-3-2-4-8-14/h12H,2-11,15H2,1H3. The molecule has 1 atom stereocenters. The van der Waals surface area contributed by atoms with E-state index in [0.717, 1.165) is 19.4 Å². The lowest BCUT2D eigenvalue weighted by molar-refractivity contribution is -0.134.